The Morgan fingerprint density at radius 2 is 2.19 bits per heavy atom. The van der Waals surface area contributed by atoms with Crippen molar-refractivity contribution in [1.29, 1.82) is 0 Å². The second-order valence-electron chi connectivity index (χ2n) is 3.66. The first kappa shape index (κ1) is 15.3. The summed E-state index contributed by atoms with van der Waals surface area (Å²) in [7, 11) is 1.59. The molecule has 16 heavy (non-hydrogen) atoms. The van der Waals surface area contributed by atoms with Crippen molar-refractivity contribution in [2.75, 3.05) is 7.11 Å². The summed E-state index contributed by atoms with van der Waals surface area (Å²) in [6.45, 7) is 5.81. The summed E-state index contributed by atoms with van der Waals surface area (Å²) >= 11 is 5.92. The molecule has 0 unspecified atom stereocenters. The fraction of sp³-hybridized carbons (Fsp3) is 0.333. The first-order chi connectivity index (χ1) is 7.04. The number of benzene rings is 1. The van der Waals surface area contributed by atoms with Gasteiger partial charge in [-0.25, -0.2) is 0 Å². The van der Waals surface area contributed by atoms with Crippen LogP contribution in [-0.2, 0) is 0 Å². The topological polar surface area (TPSA) is 35.2 Å². The Labute approximate surface area is 108 Å². The molecule has 90 valence electrons. The van der Waals surface area contributed by atoms with Crippen molar-refractivity contribution in [3.05, 3.63) is 40.9 Å². The molecule has 4 heteroatoms. The van der Waals surface area contributed by atoms with Gasteiger partial charge in [0.2, 0.25) is 0 Å². The van der Waals surface area contributed by atoms with E-state index in [0.717, 1.165) is 17.6 Å². The van der Waals surface area contributed by atoms with E-state index in [2.05, 4.69) is 6.58 Å². The average Bonchev–Trinajstić information content (AvgIpc) is 2.17. The van der Waals surface area contributed by atoms with Crippen LogP contribution in [0.2, 0.25) is 5.02 Å². The third-order valence-corrected chi connectivity index (χ3v) is 2.48. The van der Waals surface area contributed by atoms with Gasteiger partial charge in [-0.15, -0.1) is 19.0 Å². The zero-order valence-electron chi connectivity index (χ0n) is 9.50. The minimum atomic E-state index is -0.0475. The monoisotopic (exact) mass is 261 g/mol. The molecule has 0 aliphatic rings. The number of halogens is 2. The molecule has 0 heterocycles. The smallest absolute Gasteiger partial charge is 0.137 e. The number of methoxy groups -OCH3 is 1. The van der Waals surface area contributed by atoms with Crippen molar-refractivity contribution in [2.24, 2.45) is 5.73 Å². The van der Waals surface area contributed by atoms with E-state index in [1.807, 2.05) is 19.1 Å². The lowest BCUT2D eigenvalue weighted by Gasteiger charge is -2.13. The van der Waals surface area contributed by atoms with Gasteiger partial charge in [-0.3, -0.25) is 0 Å². The van der Waals surface area contributed by atoms with Gasteiger partial charge >= 0.3 is 0 Å². The van der Waals surface area contributed by atoms with Gasteiger partial charge in [0, 0.05) is 6.04 Å². The summed E-state index contributed by atoms with van der Waals surface area (Å²) < 4.78 is 5.13. The van der Waals surface area contributed by atoms with Crippen molar-refractivity contribution < 1.29 is 4.74 Å². The van der Waals surface area contributed by atoms with Gasteiger partial charge in [-0.1, -0.05) is 23.2 Å². The van der Waals surface area contributed by atoms with Gasteiger partial charge in [-0.05, 0) is 31.0 Å². The predicted octanol–water partition coefficient (Wildman–Crippen LogP) is 3.74. The van der Waals surface area contributed by atoms with Crippen LogP contribution in [0.1, 0.15) is 24.9 Å². The van der Waals surface area contributed by atoms with E-state index in [9.17, 15) is 0 Å². The van der Waals surface area contributed by atoms with Crippen LogP contribution in [0.15, 0.2) is 30.4 Å². The quantitative estimate of drug-likeness (QED) is 0.839. The van der Waals surface area contributed by atoms with Crippen LogP contribution >= 0.6 is 24.0 Å². The van der Waals surface area contributed by atoms with Crippen molar-refractivity contribution in [2.45, 2.75) is 19.4 Å². The standard InChI is InChI=1S/C12H16ClNO.ClH/c1-8(2)6-11(14)9-4-5-10(13)12(7-9)15-3;/h4-5,7,11H,1,6,14H2,2-3H3;1H/t11-;/m1./s1. The second kappa shape index (κ2) is 6.79. The van der Waals surface area contributed by atoms with Crippen LogP contribution < -0.4 is 10.5 Å². The Hall–Kier alpha value is -0.700. The summed E-state index contributed by atoms with van der Waals surface area (Å²) in [5.74, 6) is 0.659. The highest BCUT2D eigenvalue weighted by atomic mass is 35.5. The number of hydrogen-bond acceptors (Lipinski definition) is 2. The van der Waals surface area contributed by atoms with Crippen LogP contribution in [0.5, 0.6) is 5.75 Å². The van der Waals surface area contributed by atoms with Crippen LogP contribution in [0.4, 0.5) is 0 Å². The van der Waals surface area contributed by atoms with E-state index in [1.54, 1.807) is 13.2 Å². The lowest BCUT2D eigenvalue weighted by atomic mass is 10.0. The van der Waals surface area contributed by atoms with Gasteiger partial charge in [0.25, 0.3) is 0 Å². The van der Waals surface area contributed by atoms with E-state index in [0.29, 0.717) is 10.8 Å². The SMILES string of the molecule is C=C(C)C[C@@H](N)c1ccc(Cl)c(OC)c1.Cl. The third-order valence-electron chi connectivity index (χ3n) is 2.17. The van der Waals surface area contributed by atoms with E-state index in [1.165, 1.54) is 0 Å². The predicted molar refractivity (Wildman–Crippen MR) is 71.6 cm³/mol. The van der Waals surface area contributed by atoms with Crippen molar-refractivity contribution in [3.63, 3.8) is 0 Å². The van der Waals surface area contributed by atoms with E-state index in [-0.39, 0.29) is 18.4 Å². The minimum Gasteiger partial charge on any atom is -0.495 e. The Bertz CT molecular complexity index is 366. The summed E-state index contributed by atoms with van der Waals surface area (Å²) in [5, 5.41) is 0.601. The molecule has 0 aliphatic heterocycles. The molecule has 0 spiro atoms. The average molecular weight is 262 g/mol. The highest BCUT2D eigenvalue weighted by Gasteiger charge is 2.09. The molecular weight excluding hydrogens is 245 g/mol. The Morgan fingerprint density at radius 1 is 1.56 bits per heavy atom. The highest BCUT2D eigenvalue weighted by Crippen LogP contribution is 2.28. The number of ether oxygens (including phenoxy) is 1. The zero-order valence-corrected chi connectivity index (χ0v) is 11.1. The fourth-order valence-electron chi connectivity index (χ4n) is 1.40. The summed E-state index contributed by atoms with van der Waals surface area (Å²) in [6, 6.07) is 5.54. The zero-order chi connectivity index (χ0) is 11.4. The van der Waals surface area contributed by atoms with Crippen LogP contribution in [0, 0.1) is 0 Å². The largest absolute Gasteiger partial charge is 0.495 e. The molecule has 0 aromatic heterocycles. The Morgan fingerprint density at radius 3 is 2.69 bits per heavy atom. The molecule has 0 bridgehead atoms. The number of hydrogen-bond donors (Lipinski definition) is 1. The van der Waals surface area contributed by atoms with Gasteiger partial charge in [0.15, 0.2) is 0 Å². The van der Waals surface area contributed by atoms with Crippen molar-refractivity contribution in [1.82, 2.24) is 0 Å². The maximum absolute atomic E-state index is 6.01. The third kappa shape index (κ3) is 4.05. The van der Waals surface area contributed by atoms with Crippen LogP contribution in [-0.4, -0.2) is 7.11 Å². The summed E-state index contributed by atoms with van der Waals surface area (Å²) in [4.78, 5) is 0. The highest BCUT2D eigenvalue weighted by molar-refractivity contribution is 6.32. The van der Waals surface area contributed by atoms with Gasteiger partial charge in [-0.2, -0.15) is 0 Å². The maximum atomic E-state index is 6.01. The van der Waals surface area contributed by atoms with Gasteiger partial charge < -0.3 is 10.5 Å². The van der Waals surface area contributed by atoms with E-state index >= 15 is 0 Å². The van der Waals surface area contributed by atoms with E-state index < -0.39 is 0 Å². The lowest BCUT2D eigenvalue weighted by molar-refractivity contribution is 0.414. The molecule has 0 radical (unpaired) electrons. The fourth-order valence-corrected chi connectivity index (χ4v) is 1.59. The Balaban J connectivity index is 0.00000225. The molecule has 0 aliphatic carbocycles. The van der Waals surface area contributed by atoms with Crippen LogP contribution in [0.3, 0.4) is 0 Å². The molecule has 1 aromatic carbocycles. The molecule has 0 saturated carbocycles. The molecule has 0 saturated heterocycles. The number of rotatable bonds is 4. The number of nitrogens with two attached hydrogens (primary N) is 1. The van der Waals surface area contributed by atoms with Gasteiger partial charge in [0.1, 0.15) is 5.75 Å². The normalized spacial score (nSPS) is 11.5. The molecule has 0 amide bonds. The molecule has 2 nitrogen and oxygen atoms in total. The Kier molecular flexibility index (Phi) is 6.49. The summed E-state index contributed by atoms with van der Waals surface area (Å²) in [6.07, 6.45) is 0.769. The molecule has 0 fully saturated rings. The minimum absolute atomic E-state index is 0. The van der Waals surface area contributed by atoms with E-state index in [4.69, 9.17) is 22.1 Å². The first-order valence-electron chi connectivity index (χ1n) is 4.78. The lowest BCUT2D eigenvalue weighted by Crippen LogP contribution is -2.10. The van der Waals surface area contributed by atoms with Gasteiger partial charge in [0.05, 0.1) is 12.1 Å². The first-order valence-corrected chi connectivity index (χ1v) is 5.15. The summed E-state index contributed by atoms with van der Waals surface area (Å²) in [5.41, 5.74) is 8.09. The second-order valence-corrected chi connectivity index (χ2v) is 4.07. The van der Waals surface area contributed by atoms with Crippen LogP contribution in [0.25, 0.3) is 0 Å². The van der Waals surface area contributed by atoms with Crippen molar-refractivity contribution in [3.8, 4) is 5.75 Å². The molecule has 2 N–H and O–H groups in total. The maximum Gasteiger partial charge on any atom is 0.137 e. The molecule has 1 aromatic rings. The molecule has 1 atom stereocenters. The molecular formula is C12H17Cl2NO. The molecule has 1 rings (SSSR count). The van der Waals surface area contributed by atoms with Crippen molar-refractivity contribution >= 4 is 24.0 Å².